The molecular weight excluding hydrogens is 348 g/mol. The Morgan fingerprint density at radius 1 is 1.00 bits per heavy atom. The average Bonchev–Trinajstić information content (AvgIpc) is 3.03. The summed E-state index contributed by atoms with van der Waals surface area (Å²) < 4.78 is 28.2. The molecule has 26 heavy (non-hydrogen) atoms. The van der Waals surface area contributed by atoms with Crippen molar-refractivity contribution in [2.24, 2.45) is 10.6 Å². The van der Waals surface area contributed by atoms with E-state index in [4.69, 9.17) is 9.88 Å². The Labute approximate surface area is 154 Å². The lowest BCUT2D eigenvalue weighted by Gasteiger charge is -2.39. The summed E-state index contributed by atoms with van der Waals surface area (Å²) >= 11 is 0. The third-order valence-corrected chi connectivity index (χ3v) is 6.52. The van der Waals surface area contributed by atoms with Gasteiger partial charge in [0.1, 0.15) is 5.75 Å². The van der Waals surface area contributed by atoms with Crippen LogP contribution in [0, 0.1) is 5.41 Å². The van der Waals surface area contributed by atoms with Gasteiger partial charge in [-0.15, -0.1) is 0 Å². The van der Waals surface area contributed by atoms with Crippen LogP contribution in [0.5, 0.6) is 5.75 Å². The monoisotopic (exact) mass is 370 g/mol. The molecule has 0 aliphatic heterocycles. The Bertz CT molecular complexity index is 957. The number of aromatic nitrogens is 1. The van der Waals surface area contributed by atoms with E-state index in [9.17, 15) is 8.42 Å². The first-order valence-corrected chi connectivity index (χ1v) is 10.3. The molecule has 2 N–H and O–H groups in total. The summed E-state index contributed by atoms with van der Waals surface area (Å²) in [6.45, 7) is 0. The van der Waals surface area contributed by atoms with Crippen LogP contribution < -0.4 is 9.88 Å². The molecule has 1 spiro atoms. The number of nitrogens with two attached hydrogens (primary N) is 1. The standard InChI is InChI=1S/C20H22N2O3S/c1-25-16-6-3-14(4-7-16)17-11-20(9-2-10-20)12-18(17)15-5-8-19(22-13-15)26(21,23)24/h3-8,13H,2,9-12H2,1H3,(H2,21,23,24). The smallest absolute Gasteiger partial charge is 0.255 e. The van der Waals surface area contributed by atoms with Crippen LogP contribution in [0.15, 0.2) is 47.6 Å². The highest BCUT2D eigenvalue weighted by molar-refractivity contribution is 7.89. The van der Waals surface area contributed by atoms with Crippen molar-refractivity contribution < 1.29 is 13.2 Å². The Balaban J connectivity index is 1.75. The van der Waals surface area contributed by atoms with Crippen molar-refractivity contribution in [2.45, 2.75) is 37.1 Å². The number of allylic oxidation sites excluding steroid dienone is 2. The van der Waals surface area contributed by atoms with Crippen molar-refractivity contribution in [1.29, 1.82) is 0 Å². The van der Waals surface area contributed by atoms with E-state index in [0.29, 0.717) is 5.41 Å². The number of hydrogen-bond donors (Lipinski definition) is 1. The van der Waals surface area contributed by atoms with Crippen LogP contribution in [-0.4, -0.2) is 20.5 Å². The van der Waals surface area contributed by atoms with Crippen molar-refractivity contribution in [3.8, 4) is 5.75 Å². The number of primary sulfonamides is 1. The zero-order chi connectivity index (χ0) is 18.4. The minimum Gasteiger partial charge on any atom is -0.497 e. The summed E-state index contributed by atoms with van der Waals surface area (Å²) in [7, 11) is -2.11. The number of rotatable bonds is 4. The van der Waals surface area contributed by atoms with Crippen LogP contribution in [0.1, 0.15) is 43.2 Å². The van der Waals surface area contributed by atoms with Crippen molar-refractivity contribution in [1.82, 2.24) is 4.98 Å². The highest BCUT2D eigenvalue weighted by Crippen LogP contribution is 2.59. The molecule has 1 heterocycles. The molecule has 2 aromatic rings. The van der Waals surface area contributed by atoms with E-state index in [1.165, 1.54) is 42.0 Å². The average molecular weight is 370 g/mol. The first-order chi connectivity index (χ1) is 12.4. The van der Waals surface area contributed by atoms with Gasteiger partial charge in [-0.25, -0.2) is 18.5 Å². The molecule has 1 aromatic carbocycles. The Hall–Kier alpha value is -2.18. The third kappa shape index (κ3) is 3.04. The number of methoxy groups -OCH3 is 1. The third-order valence-electron chi connectivity index (χ3n) is 5.70. The van der Waals surface area contributed by atoms with Crippen LogP contribution in [0.25, 0.3) is 11.1 Å². The zero-order valence-electron chi connectivity index (χ0n) is 14.7. The Morgan fingerprint density at radius 2 is 1.62 bits per heavy atom. The summed E-state index contributed by atoms with van der Waals surface area (Å²) in [5.41, 5.74) is 5.14. The molecule has 0 saturated heterocycles. The van der Waals surface area contributed by atoms with E-state index in [1.807, 2.05) is 18.2 Å². The van der Waals surface area contributed by atoms with E-state index in [1.54, 1.807) is 13.3 Å². The number of sulfonamides is 1. The summed E-state index contributed by atoms with van der Waals surface area (Å²) in [5.74, 6) is 0.839. The van der Waals surface area contributed by atoms with Gasteiger partial charge in [-0.2, -0.15) is 0 Å². The highest BCUT2D eigenvalue weighted by atomic mass is 32.2. The molecule has 5 nitrogen and oxygen atoms in total. The maximum atomic E-state index is 11.5. The van der Waals surface area contributed by atoms with Gasteiger partial charge in [0, 0.05) is 6.20 Å². The summed E-state index contributed by atoms with van der Waals surface area (Å²) in [4.78, 5) is 4.07. The second-order valence-electron chi connectivity index (χ2n) is 7.32. The maximum absolute atomic E-state index is 11.5. The lowest BCUT2D eigenvalue weighted by Crippen LogP contribution is -2.26. The van der Waals surface area contributed by atoms with Crippen molar-refractivity contribution in [3.05, 3.63) is 53.7 Å². The van der Waals surface area contributed by atoms with Gasteiger partial charge in [-0.1, -0.05) is 24.6 Å². The van der Waals surface area contributed by atoms with Crippen molar-refractivity contribution in [2.75, 3.05) is 7.11 Å². The second kappa shape index (κ2) is 6.21. The predicted molar refractivity (Wildman–Crippen MR) is 101 cm³/mol. The van der Waals surface area contributed by atoms with Gasteiger partial charge in [0.05, 0.1) is 7.11 Å². The largest absolute Gasteiger partial charge is 0.497 e. The minimum atomic E-state index is -3.77. The molecule has 2 aliphatic carbocycles. The molecule has 0 atom stereocenters. The summed E-state index contributed by atoms with van der Waals surface area (Å²) in [6, 6.07) is 11.5. The molecule has 136 valence electrons. The molecule has 0 bridgehead atoms. The summed E-state index contributed by atoms with van der Waals surface area (Å²) in [6.07, 6.45) is 7.50. The highest BCUT2D eigenvalue weighted by Gasteiger charge is 2.43. The molecule has 2 aliphatic rings. The molecule has 6 heteroatoms. The van der Waals surface area contributed by atoms with Gasteiger partial charge in [-0.3, -0.25) is 0 Å². The minimum absolute atomic E-state index is 0.0933. The summed E-state index contributed by atoms with van der Waals surface area (Å²) in [5, 5.41) is 5.07. The van der Waals surface area contributed by atoms with Gasteiger partial charge in [0.15, 0.2) is 5.03 Å². The molecule has 0 amide bonds. The molecular formula is C20H22N2O3S. The number of pyridine rings is 1. The fourth-order valence-electron chi connectivity index (χ4n) is 4.13. The van der Waals surface area contributed by atoms with Gasteiger partial charge >= 0.3 is 0 Å². The molecule has 1 aromatic heterocycles. The first kappa shape index (κ1) is 17.2. The molecule has 1 saturated carbocycles. The lowest BCUT2D eigenvalue weighted by molar-refractivity contribution is 0.157. The predicted octanol–water partition coefficient (Wildman–Crippen LogP) is 3.61. The normalized spacial score (nSPS) is 18.8. The van der Waals surface area contributed by atoms with Crippen LogP contribution in [0.4, 0.5) is 0 Å². The second-order valence-corrected chi connectivity index (χ2v) is 8.83. The number of ether oxygens (including phenoxy) is 1. The number of nitrogens with zero attached hydrogens (tertiary/aromatic N) is 1. The van der Waals surface area contributed by atoms with E-state index < -0.39 is 10.0 Å². The van der Waals surface area contributed by atoms with Gasteiger partial charge in [-0.05, 0) is 71.6 Å². The van der Waals surface area contributed by atoms with Crippen molar-refractivity contribution in [3.63, 3.8) is 0 Å². The Kier molecular flexibility index (Phi) is 4.12. The van der Waals surface area contributed by atoms with Crippen LogP contribution in [-0.2, 0) is 10.0 Å². The van der Waals surface area contributed by atoms with E-state index in [-0.39, 0.29) is 5.03 Å². The number of hydrogen-bond acceptors (Lipinski definition) is 4. The topological polar surface area (TPSA) is 82.3 Å². The zero-order valence-corrected chi connectivity index (χ0v) is 15.6. The van der Waals surface area contributed by atoms with Gasteiger partial charge in [0.25, 0.3) is 10.0 Å². The number of benzene rings is 1. The molecule has 1 fully saturated rings. The quantitative estimate of drug-likeness (QED) is 0.891. The van der Waals surface area contributed by atoms with Crippen LogP contribution >= 0.6 is 0 Å². The fourth-order valence-corrected chi connectivity index (χ4v) is 4.59. The maximum Gasteiger partial charge on any atom is 0.255 e. The van der Waals surface area contributed by atoms with Gasteiger partial charge in [0.2, 0.25) is 0 Å². The van der Waals surface area contributed by atoms with Crippen molar-refractivity contribution >= 4 is 21.2 Å². The SMILES string of the molecule is COc1ccc(C2=C(c3ccc(S(N)(=O)=O)nc3)CC3(CCC3)C2)cc1. The molecule has 0 radical (unpaired) electrons. The lowest BCUT2D eigenvalue weighted by atomic mass is 9.66. The van der Waals surface area contributed by atoms with Crippen LogP contribution in [0.2, 0.25) is 0 Å². The van der Waals surface area contributed by atoms with E-state index in [0.717, 1.165) is 24.2 Å². The molecule has 4 rings (SSSR count). The molecule has 0 unspecified atom stereocenters. The van der Waals surface area contributed by atoms with E-state index >= 15 is 0 Å². The van der Waals surface area contributed by atoms with Gasteiger partial charge < -0.3 is 4.74 Å². The Morgan fingerprint density at radius 3 is 2.08 bits per heavy atom. The fraction of sp³-hybridized carbons (Fsp3) is 0.350. The van der Waals surface area contributed by atoms with E-state index in [2.05, 4.69) is 17.1 Å². The van der Waals surface area contributed by atoms with Crippen LogP contribution in [0.3, 0.4) is 0 Å². The first-order valence-electron chi connectivity index (χ1n) is 8.76.